The van der Waals surface area contributed by atoms with Gasteiger partial charge in [0, 0.05) is 12.7 Å². The van der Waals surface area contributed by atoms with Crippen LogP contribution in [-0.4, -0.2) is 18.2 Å². The second-order valence-corrected chi connectivity index (χ2v) is 3.62. The lowest BCUT2D eigenvalue weighted by atomic mass is 10.3. The lowest BCUT2D eigenvalue weighted by molar-refractivity contribution is 0.786. The van der Waals surface area contributed by atoms with Gasteiger partial charge in [-0.25, -0.2) is 0 Å². The van der Waals surface area contributed by atoms with Crippen LogP contribution in [0.25, 0.3) is 0 Å². The number of allylic oxidation sites excluding steroid dienone is 2. The van der Waals surface area contributed by atoms with Crippen LogP contribution in [0.2, 0.25) is 0 Å². The van der Waals surface area contributed by atoms with Crippen molar-refractivity contribution in [3.05, 3.63) is 24.0 Å². The summed E-state index contributed by atoms with van der Waals surface area (Å²) in [5.41, 5.74) is 1.25. The summed E-state index contributed by atoms with van der Waals surface area (Å²) in [4.78, 5) is 0. The first kappa shape index (κ1) is 8.53. The Bertz CT molecular complexity index is 175. The van der Waals surface area contributed by atoms with E-state index in [-0.39, 0.29) is 0 Å². The van der Waals surface area contributed by atoms with Crippen LogP contribution in [0, 0.1) is 0 Å². The molecule has 1 aliphatic rings. The topological polar surface area (TPSA) is 24.1 Å². The number of hydrogen-bond acceptors (Lipinski definition) is 3. The van der Waals surface area contributed by atoms with Crippen molar-refractivity contribution in [2.24, 2.45) is 0 Å². The van der Waals surface area contributed by atoms with E-state index in [9.17, 15) is 0 Å². The van der Waals surface area contributed by atoms with E-state index < -0.39 is 0 Å². The third kappa shape index (κ3) is 2.19. The number of thioether (sulfide) groups is 1. The number of likely N-dealkylation sites (N-methyl/N-ethyl adjacent to an activating group) is 1. The fourth-order valence-electron chi connectivity index (χ4n) is 0.991. The Labute approximate surface area is 72.1 Å². The third-order valence-electron chi connectivity index (χ3n) is 1.52. The molecule has 0 fully saturated rings. The molecule has 1 rings (SSSR count). The van der Waals surface area contributed by atoms with Crippen molar-refractivity contribution in [2.75, 3.05) is 12.8 Å². The van der Waals surface area contributed by atoms with Crippen LogP contribution < -0.4 is 10.6 Å². The van der Waals surface area contributed by atoms with Crippen LogP contribution in [0.1, 0.15) is 6.92 Å². The molecule has 0 bridgehead atoms. The summed E-state index contributed by atoms with van der Waals surface area (Å²) in [6.07, 6.45) is 6.09. The zero-order valence-electron chi connectivity index (χ0n) is 6.92. The third-order valence-corrected chi connectivity index (χ3v) is 2.58. The molecule has 0 spiro atoms. The maximum Gasteiger partial charge on any atom is 0.112 e. The number of nitrogens with one attached hydrogen (secondary N) is 2. The maximum atomic E-state index is 3.27. The van der Waals surface area contributed by atoms with Gasteiger partial charge >= 0.3 is 0 Å². The first-order valence-corrected chi connectivity index (χ1v) is 4.85. The normalized spacial score (nSPS) is 22.4. The van der Waals surface area contributed by atoms with Crippen LogP contribution in [-0.2, 0) is 0 Å². The standard InChI is InChI=1S/C8H14N2S/c1-3-11-8-7(9-2)5-4-6-10-8/h4-6,8-10H,3H2,1-2H3. The maximum absolute atomic E-state index is 3.27. The van der Waals surface area contributed by atoms with Gasteiger partial charge in [-0.2, -0.15) is 0 Å². The smallest absolute Gasteiger partial charge is 0.112 e. The molecule has 0 aromatic rings. The summed E-state index contributed by atoms with van der Waals surface area (Å²) < 4.78 is 0. The Hall–Kier alpha value is -0.570. The van der Waals surface area contributed by atoms with Gasteiger partial charge in [-0.1, -0.05) is 6.92 Å². The zero-order valence-corrected chi connectivity index (χ0v) is 7.74. The van der Waals surface area contributed by atoms with Gasteiger partial charge in [-0.15, -0.1) is 11.8 Å². The minimum absolute atomic E-state index is 0.412. The highest BCUT2D eigenvalue weighted by Crippen LogP contribution is 2.16. The van der Waals surface area contributed by atoms with E-state index in [1.807, 2.05) is 31.1 Å². The predicted molar refractivity (Wildman–Crippen MR) is 51.3 cm³/mol. The molecule has 1 heterocycles. The van der Waals surface area contributed by atoms with Crippen molar-refractivity contribution >= 4 is 11.8 Å². The lowest BCUT2D eigenvalue weighted by Gasteiger charge is -2.21. The lowest BCUT2D eigenvalue weighted by Crippen LogP contribution is -2.31. The first-order chi connectivity index (χ1) is 5.38. The highest BCUT2D eigenvalue weighted by molar-refractivity contribution is 8.00. The van der Waals surface area contributed by atoms with Crippen LogP contribution in [0.5, 0.6) is 0 Å². The predicted octanol–water partition coefficient (Wildman–Crippen LogP) is 1.29. The quantitative estimate of drug-likeness (QED) is 0.667. The molecule has 3 heteroatoms. The van der Waals surface area contributed by atoms with E-state index >= 15 is 0 Å². The molecule has 0 aromatic carbocycles. The average molecular weight is 170 g/mol. The first-order valence-electron chi connectivity index (χ1n) is 3.80. The molecular weight excluding hydrogens is 156 g/mol. The Balaban J connectivity index is 2.52. The Morgan fingerprint density at radius 2 is 2.55 bits per heavy atom. The molecule has 2 nitrogen and oxygen atoms in total. The molecule has 62 valence electrons. The van der Waals surface area contributed by atoms with E-state index in [1.54, 1.807) is 0 Å². The molecule has 0 aromatic heterocycles. The van der Waals surface area contributed by atoms with Crippen LogP contribution in [0.3, 0.4) is 0 Å². The van der Waals surface area contributed by atoms with Gasteiger partial charge in [-0.05, 0) is 24.1 Å². The summed E-state index contributed by atoms with van der Waals surface area (Å²) in [5, 5.41) is 6.85. The van der Waals surface area contributed by atoms with Crippen molar-refractivity contribution in [3.63, 3.8) is 0 Å². The largest absolute Gasteiger partial charge is 0.389 e. The van der Waals surface area contributed by atoms with Crippen LogP contribution in [0.15, 0.2) is 24.0 Å². The highest BCUT2D eigenvalue weighted by Gasteiger charge is 2.11. The minimum Gasteiger partial charge on any atom is -0.389 e. The molecule has 0 amide bonds. The van der Waals surface area contributed by atoms with E-state index in [2.05, 4.69) is 23.6 Å². The SMILES string of the molecule is CCSC1NC=CC=C1NC. The number of hydrogen-bond donors (Lipinski definition) is 2. The van der Waals surface area contributed by atoms with E-state index in [1.165, 1.54) is 5.70 Å². The molecule has 0 radical (unpaired) electrons. The van der Waals surface area contributed by atoms with Gasteiger partial charge in [0.25, 0.3) is 0 Å². The molecule has 0 saturated carbocycles. The molecule has 0 aliphatic carbocycles. The monoisotopic (exact) mass is 170 g/mol. The molecule has 1 atom stereocenters. The molecule has 1 aliphatic heterocycles. The second kappa shape index (κ2) is 4.34. The minimum atomic E-state index is 0.412. The average Bonchev–Trinajstić information content (AvgIpc) is 2.06. The van der Waals surface area contributed by atoms with Crippen molar-refractivity contribution in [3.8, 4) is 0 Å². The van der Waals surface area contributed by atoms with Gasteiger partial charge in [0.1, 0.15) is 5.37 Å². The highest BCUT2D eigenvalue weighted by atomic mass is 32.2. The Kier molecular flexibility index (Phi) is 3.36. The molecule has 1 unspecified atom stereocenters. The number of dihydropyridines is 1. The van der Waals surface area contributed by atoms with Crippen molar-refractivity contribution in [1.29, 1.82) is 0 Å². The van der Waals surface area contributed by atoms with E-state index in [0.717, 1.165) is 5.75 Å². The van der Waals surface area contributed by atoms with Crippen LogP contribution in [0.4, 0.5) is 0 Å². The van der Waals surface area contributed by atoms with Crippen molar-refractivity contribution in [2.45, 2.75) is 12.3 Å². The van der Waals surface area contributed by atoms with Gasteiger partial charge in [0.05, 0.1) is 0 Å². The van der Waals surface area contributed by atoms with Gasteiger partial charge < -0.3 is 10.6 Å². The Morgan fingerprint density at radius 1 is 1.73 bits per heavy atom. The number of rotatable bonds is 3. The van der Waals surface area contributed by atoms with Crippen molar-refractivity contribution < 1.29 is 0 Å². The molecular formula is C8H14N2S. The fraction of sp³-hybridized carbons (Fsp3) is 0.500. The summed E-state index contributed by atoms with van der Waals surface area (Å²) in [6.45, 7) is 2.16. The van der Waals surface area contributed by atoms with Crippen LogP contribution >= 0.6 is 11.8 Å². The summed E-state index contributed by atoms with van der Waals surface area (Å²) in [7, 11) is 1.95. The van der Waals surface area contributed by atoms with Gasteiger partial charge in [-0.3, -0.25) is 0 Å². The molecule has 2 N–H and O–H groups in total. The van der Waals surface area contributed by atoms with E-state index in [4.69, 9.17) is 0 Å². The Morgan fingerprint density at radius 3 is 3.18 bits per heavy atom. The second-order valence-electron chi connectivity index (χ2n) is 2.23. The zero-order chi connectivity index (χ0) is 8.10. The molecule has 0 saturated heterocycles. The summed E-state index contributed by atoms with van der Waals surface area (Å²) in [5.74, 6) is 1.13. The molecule has 11 heavy (non-hydrogen) atoms. The summed E-state index contributed by atoms with van der Waals surface area (Å²) >= 11 is 1.89. The van der Waals surface area contributed by atoms with Gasteiger partial charge in [0.2, 0.25) is 0 Å². The van der Waals surface area contributed by atoms with Gasteiger partial charge in [0.15, 0.2) is 0 Å². The summed E-state index contributed by atoms with van der Waals surface area (Å²) in [6, 6.07) is 0. The fourth-order valence-corrected chi connectivity index (χ4v) is 1.87. The van der Waals surface area contributed by atoms with Crippen molar-refractivity contribution in [1.82, 2.24) is 10.6 Å². The van der Waals surface area contributed by atoms with E-state index in [0.29, 0.717) is 5.37 Å².